The van der Waals surface area contributed by atoms with Crippen molar-refractivity contribution in [2.45, 2.75) is 125 Å². The van der Waals surface area contributed by atoms with Gasteiger partial charge < -0.3 is 30.0 Å². The lowest BCUT2D eigenvalue weighted by atomic mass is 9.81. The van der Waals surface area contributed by atoms with Gasteiger partial charge in [0, 0.05) is 5.92 Å². The van der Waals surface area contributed by atoms with Crippen LogP contribution in [0.3, 0.4) is 0 Å². The molecule has 1 saturated heterocycles. The molecule has 1 rings (SSSR count). The molecule has 1 aliphatic heterocycles. The topological polar surface area (TPSA) is 177 Å². The van der Waals surface area contributed by atoms with E-state index in [0.29, 0.717) is 6.42 Å². The maximum absolute atomic E-state index is 13.7. The molecule has 1 heterocycles. The van der Waals surface area contributed by atoms with Crippen molar-refractivity contribution in [1.82, 2.24) is 5.32 Å². The molecule has 1 unspecified atom stereocenters. The normalized spacial score (nSPS) is 30.0. The summed E-state index contributed by atoms with van der Waals surface area (Å²) in [4.78, 5) is 79.0. The lowest BCUT2D eigenvalue weighted by molar-refractivity contribution is -0.183. The number of amides is 1. The van der Waals surface area contributed by atoms with Crippen molar-refractivity contribution in [1.29, 1.82) is 0 Å². The average molecular weight is 585 g/mol. The highest BCUT2D eigenvalue weighted by Gasteiger charge is 2.45. The minimum Gasteiger partial charge on any atom is -0.458 e. The van der Waals surface area contributed by atoms with E-state index in [2.05, 4.69) is 5.32 Å². The Bertz CT molecular complexity index is 977. The molecule has 0 aromatic heterocycles. The molecule has 0 aromatic rings. The fourth-order valence-electron chi connectivity index (χ4n) is 4.08. The van der Waals surface area contributed by atoms with Gasteiger partial charge in [-0.25, -0.2) is 9.59 Å². The fourth-order valence-corrected chi connectivity index (χ4v) is 4.08. The maximum Gasteiger partial charge on any atom is 0.347 e. The first-order valence-electron chi connectivity index (χ1n) is 14.3. The molecule has 0 radical (unpaired) electrons. The average Bonchev–Trinajstić information content (AvgIpc) is 2.87. The standard InChI is InChI=1S/C29H48N2O10/c1-11-16(6)22-24(33)31-19(12-14(2)3)23(32)29(9,10)28(37)40-20(13-15(4)5)26(35)38-17(7)21(30)27(36)39-18(8)25(34)41-22/h14-22H,11-13,30H2,1-10H3,(H,31,33)/t16?,17-,18+,19+,20+,21+,22+/m1/s1. The van der Waals surface area contributed by atoms with Crippen LogP contribution >= 0.6 is 0 Å². The Balaban J connectivity index is 3.61. The zero-order chi connectivity index (χ0) is 31.8. The van der Waals surface area contributed by atoms with Crippen molar-refractivity contribution < 1.29 is 47.7 Å². The van der Waals surface area contributed by atoms with Gasteiger partial charge in [-0.1, -0.05) is 41.5 Å². The molecular weight excluding hydrogens is 536 g/mol. The molecule has 1 fully saturated rings. The van der Waals surface area contributed by atoms with Gasteiger partial charge in [-0.15, -0.1) is 0 Å². The third-order valence-electron chi connectivity index (χ3n) is 7.03. The Labute approximate surface area is 242 Å². The molecule has 0 aliphatic carbocycles. The van der Waals surface area contributed by atoms with Crippen LogP contribution in [0.2, 0.25) is 0 Å². The number of hydrogen-bond donors (Lipinski definition) is 2. The molecule has 0 saturated carbocycles. The van der Waals surface area contributed by atoms with Crippen LogP contribution in [0.15, 0.2) is 0 Å². The molecule has 41 heavy (non-hydrogen) atoms. The van der Waals surface area contributed by atoms with Gasteiger partial charge >= 0.3 is 23.9 Å². The van der Waals surface area contributed by atoms with Crippen molar-refractivity contribution in [2.75, 3.05) is 0 Å². The lowest BCUT2D eigenvalue weighted by Crippen LogP contribution is -2.54. The molecule has 3 N–H and O–H groups in total. The smallest absolute Gasteiger partial charge is 0.347 e. The van der Waals surface area contributed by atoms with Crippen LogP contribution in [0, 0.1) is 23.2 Å². The summed E-state index contributed by atoms with van der Waals surface area (Å²) in [6.07, 6.45) is -4.64. The Morgan fingerprint density at radius 1 is 0.805 bits per heavy atom. The molecule has 0 spiro atoms. The van der Waals surface area contributed by atoms with Crippen LogP contribution in [0.5, 0.6) is 0 Å². The summed E-state index contributed by atoms with van der Waals surface area (Å²) in [5.74, 6) is -5.97. The van der Waals surface area contributed by atoms with Crippen LogP contribution < -0.4 is 11.1 Å². The first kappa shape index (κ1) is 36.0. The van der Waals surface area contributed by atoms with E-state index in [-0.39, 0.29) is 24.7 Å². The summed E-state index contributed by atoms with van der Waals surface area (Å²) < 4.78 is 21.5. The predicted octanol–water partition coefficient (Wildman–Crippen LogP) is 2.23. The van der Waals surface area contributed by atoms with Gasteiger partial charge in [0.1, 0.15) is 17.6 Å². The minimum absolute atomic E-state index is 0.0627. The van der Waals surface area contributed by atoms with E-state index in [0.717, 1.165) is 0 Å². The Morgan fingerprint density at radius 2 is 1.37 bits per heavy atom. The number of nitrogens with two attached hydrogens (primary N) is 1. The number of rotatable bonds is 6. The third kappa shape index (κ3) is 10.1. The summed E-state index contributed by atoms with van der Waals surface area (Å²) in [6, 6.07) is -2.61. The summed E-state index contributed by atoms with van der Waals surface area (Å²) in [6.45, 7) is 16.1. The van der Waals surface area contributed by atoms with Crippen molar-refractivity contribution in [3.8, 4) is 0 Å². The summed E-state index contributed by atoms with van der Waals surface area (Å²) in [5.41, 5.74) is 4.16. The second-order valence-corrected chi connectivity index (χ2v) is 12.2. The number of cyclic esters (lactones) is 4. The van der Waals surface area contributed by atoms with E-state index in [1.165, 1.54) is 27.7 Å². The molecule has 12 nitrogen and oxygen atoms in total. The zero-order valence-corrected chi connectivity index (χ0v) is 26.0. The molecular formula is C29H48N2O10. The Hall–Kier alpha value is -3.02. The van der Waals surface area contributed by atoms with Gasteiger partial charge in [-0.2, -0.15) is 0 Å². The third-order valence-corrected chi connectivity index (χ3v) is 7.03. The largest absolute Gasteiger partial charge is 0.458 e. The van der Waals surface area contributed by atoms with Gasteiger partial charge in [0.05, 0.1) is 6.04 Å². The molecule has 7 atom stereocenters. The highest BCUT2D eigenvalue weighted by Crippen LogP contribution is 2.26. The van der Waals surface area contributed by atoms with Crippen molar-refractivity contribution in [2.24, 2.45) is 28.9 Å². The summed E-state index contributed by atoms with van der Waals surface area (Å²) in [5, 5.41) is 2.66. The monoisotopic (exact) mass is 584 g/mol. The number of nitrogens with one attached hydrogen (secondary N) is 1. The number of Topliss-reactive ketones (excluding diaryl/α,β-unsaturated/α-hetero) is 1. The highest BCUT2D eigenvalue weighted by atomic mass is 16.6. The number of ether oxygens (including phenoxy) is 4. The first-order chi connectivity index (χ1) is 18.8. The fraction of sp³-hybridized carbons (Fsp3) is 0.793. The van der Waals surface area contributed by atoms with Crippen LogP contribution in [0.4, 0.5) is 0 Å². The molecule has 1 amide bonds. The number of esters is 4. The van der Waals surface area contributed by atoms with Gasteiger partial charge in [0.15, 0.2) is 24.1 Å². The number of carbonyl (C=O) groups excluding carboxylic acids is 6. The van der Waals surface area contributed by atoms with Gasteiger partial charge in [0.25, 0.3) is 5.91 Å². The van der Waals surface area contributed by atoms with Crippen molar-refractivity contribution in [3.63, 3.8) is 0 Å². The molecule has 0 bridgehead atoms. The van der Waals surface area contributed by atoms with E-state index in [9.17, 15) is 28.8 Å². The SMILES string of the molecule is CCC(C)[C@@H]1OC(=O)[C@H](C)OC(=O)[C@@H](N)[C@@H](C)OC(=O)[C@H](CC(C)C)OC(=O)C(C)(C)C(=O)[C@H](CC(C)C)NC1=O. The Morgan fingerprint density at radius 3 is 1.88 bits per heavy atom. The van der Waals surface area contributed by atoms with Crippen LogP contribution in [0.1, 0.15) is 88.5 Å². The van der Waals surface area contributed by atoms with E-state index >= 15 is 0 Å². The van der Waals surface area contributed by atoms with E-state index < -0.39 is 83.4 Å². The van der Waals surface area contributed by atoms with Crippen LogP contribution in [-0.4, -0.2) is 72.1 Å². The van der Waals surface area contributed by atoms with E-state index in [4.69, 9.17) is 24.7 Å². The van der Waals surface area contributed by atoms with Crippen molar-refractivity contribution >= 4 is 35.6 Å². The summed E-state index contributed by atoms with van der Waals surface area (Å²) in [7, 11) is 0. The van der Waals surface area contributed by atoms with Crippen LogP contribution in [0.25, 0.3) is 0 Å². The maximum atomic E-state index is 13.7. The van der Waals surface area contributed by atoms with Gasteiger partial charge in [-0.3, -0.25) is 19.2 Å². The minimum atomic E-state index is -1.77. The second kappa shape index (κ2) is 15.3. The number of hydrogen-bond acceptors (Lipinski definition) is 11. The second-order valence-electron chi connectivity index (χ2n) is 12.2. The van der Waals surface area contributed by atoms with Gasteiger partial charge in [-0.05, 0) is 58.8 Å². The van der Waals surface area contributed by atoms with E-state index in [1.807, 2.05) is 13.8 Å². The van der Waals surface area contributed by atoms with Crippen LogP contribution in [-0.2, 0) is 47.7 Å². The quantitative estimate of drug-likeness (QED) is 0.266. The number of ketones is 1. The zero-order valence-electron chi connectivity index (χ0n) is 26.0. The first-order valence-corrected chi connectivity index (χ1v) is 14.3. The summed E-state index contributed by atoms with van der Waals surface area (Å²) >= 11 is 0. The Kier molecular flexibility index (Phi) is 13.4. The predicted molar refractivity (Wildman–Crippen MR) is 148 cm³/mol. The number of carbonyl (C=O) groups is 6. The lowest BCUT2D eigenvalue weighted by Gasteiger charge is -2.32. The van der Waals surface area contributed by atoms with Gasteiger partial charge in [0.2, 0.25) is 0 Å². The molecule has 234 valence electrons. The van der Waals surface area contributed by atoms with Crippen molar-refractivity contribution in [3.05, 3.63) is 0 Å². The van der Waals surface area contributed by atoms with E-state index in [1.54, 1.807) is 27.7 Å². The molecule has 0 aromatic carbocycles. The highest BCUT2D eigenvalue weighted by molar-refractivity contribution is 6.07. The molecule has 12 heteroatoms. The molecule has 1 aliphatic rings.